The van der Waals surface area contributed by atoms with E-state index in [2.05, 4.69) is 37.2 Å². The first-order valence-electron chi connectivity index (χ1n) is 10.5. The summed E-state index contributed by atoms with van der Waals surface area (Å²) in [7, 11) is -3.75. The van der Waals surface area contributed by atoms with Crippen LogP contribution in [-0.4, -0.2) is 50.5 Å². The predicted molar refractivity (Wildman–Crippen MR) is 139 cm³/mol. The molecular weight excluding hydrogens is 574 g/mol. The Morgan fingerprint density at radius 2 is 1.82 bits per heavy atom. The second-order valence-corrected chi connectivity index (χ2v) is 11.5. The molecule has 0 aliphatic rings. The lowest BCUT2D eigenvalue weighted by molar-refractivity contribution is -0.139. The van der Waals surface area contributed by atoms with Crippen LogP contribution in [0.15, 0.2) is 51.4 Å². The largest absolute Gasteiger partial charge is 0.354 e. The summed E-state index contributed by atoms with van der Waals surface area (Å²) in [5.74, 6) is -0.759. The molecule has 0 saturated carbocycles. The van der Waals surface area contributed by atoms with E-state index in [0.29, 0.717) is 12.2 Å². The van der Waals surface area contributed by atoms with Crippen molar-refractivity contribution >= 4 is 59.4 Å². The van der Waals surface area contributed by atoms with E-state index in [1.54, 1.807) is 25.1 Å². The molecular formula is C23H29Br2N3O4S. The van der Waals surface area contributed by atoms with Crippen molar-refractivity contribution in [2.45, 2.75) is 39.8 Å². The van der Waals surface area contributed by atoms with Gasteiger partial charge in [-0.05, 0) is 61.7 Å². The summed E-state index contributed by atoms with van der Waals surface area (Å²) in [5.41, 5.74) is 2.04. The molecule has 10 heteroatoms. The van der Waals surface area contributed by atoms with E-state index < -0.39 is 28.5 Å². The van der Waals surface area contributed by atoms with Crippen molar-refractivity contribution in [1.82, 2.24) is 10.2 Å². The molecule has 0 bridgehead atoms. The molecule has 33 heavy (non-hydrogen) atoms. The molecule has 7 nitrogen and oxygen atoms in total. The molecule has 2 amide bonds. The summed E-state index contributed by atoms with van der Waals surface area (Å²) in [6, 6.07) is 11.7. The van der Waals surface area contributed by atoms with E-state index in [-0.39, 0.29) is 12.5 Å². The monoisotopic (exact) mass is 601 g/mol. The van der Waals surface area contributed by atoms with Gasteiger partial charge in [-0.1, -0.05) is 50.9 Å². The number of nitrogens with one attached hydrogen (secondary N) is 1. The molecule has 1 unspecified atom stereocenters. The van der Waals surface area contributed by atoms with Gasteiger partial charge in [0.05, 0.1) is 11.9 Å². The van der Waals surface area contributed by atoms with E-state index in [1.165, 1.54) is 4.90 Å². The Labute approximate surface area is 212 Å². The van der Waals surface area contributed by atoms with Crippen LogP contribution in [0.25, 0.3) is 0 Å². The molecule has 1 N–H and O–H groups in total. The standard InChI is InChI=1S/C23H29Br2N3O4S/c1-5-11-26-23(30)17(3)27(14-18-7-6-8-19(24)13-18)22(29)15-28(33(4,31)32)20-9-10-21(25)16(2)12-20/h6-10,12-13,17H,5,11,14-15H2,1-4H3,(H,26,30). The third kappa shape index (κ3) is 7.82. The predicted octanol–water partition coefficient (Wildman–Crippen LogP) is 4.23. The summed E-state index contributed by atoms with van der Waals surface area (Å²) in [6.07, 6.45) is 1.83. The van der Waals surface area contributed by atoms with Gasteiger partial charge in [-0.15, -0.1) is 0 Å². The zero-order valence-corrected chi connectivity index (χ0v) is 23.1. The number of amides is 2. The first kappa shape index (κ1) is 27.3. The quantitative estimate of drug-likeness (QED) is 0.441. The normalized spacial score (nSPS) is 12.2. The van der Waals surface area contributed by atoms with Gasteiger partial charge < -0.3 is 10.2 Å². The first-order chi connectivity index (χ1) is 15.4. The van der Waals surface area contributed by atoms with Gasteiger partial charge in [0.15, 0.2) is 0 Å². The zero-order valence-electron chi connectivity index (χ0n) is 19.1. The Morgan fingerprint density at radius 1 is 1.12 bits per heavy atom. The topological polar surface area (TPSA) is 86.8 Å². The van der Waals surface area contributed by atoms with Crippen molar-refractivity contribution in [1.29, 1.82) is 0 Å². The Morgan fingerprint density at radius 3 is 2.39 bits per heavy atom. The lowest BCUT2D eigenvalue weighted by Gasteiger charge is -2.31. The summed E-state index contributed by atoms with van der Waals surface area (Å²) in [4.78, 5) is 27.6. The average molecular weight is 603 g/mol. The van der Waals surface area contributed by atoms with E-state index >= 15 is 0 Å². The van der Waals surface area contributed by atoms with Crippen LogP contribution < -0.4 is 9.62 Å². The van der Waals surface area contributed by atoms with Gasteiger partial charge in [-0.3, -0.25) is 13.9 Å². The lowest BCUT2D eigenvalue weighted by Crippen LogP contribution is -2.51. The van der Waals surface area contributed by atoms with Crippen molar-refractivity contribution in [3.05, 3.63) is 62.5 Å². The molecule has 0 fully saturated rings. The Kier molecular flexibility index (Phi) is 9.93. The number of nitrogens with zero attached hydrogens (tertiary/aromatic N) is 2. The maximum atomic E-state index is 13.5. The van der Waals surface area contributed by atoms with Gasteiger partial charge in [0.1, 0.15) is 12.6 Å². The minimum Gasteiger partial charge on any atom is -0.354 e. The molecule has 2 aromatic rings. The highest BCUT2D eigenvalue weighted by atomic mass is 79.9. The van der Waals surface area contributed by atoms with Crippen molar-refractivity contribution in [2.75, 3.05) is 23.7 Å². The summed E-state index contributed by atoms with van der Waals surface area (Å²) in [5, 5.41) is 2.81. The average Bonchev–Trinajstić information content (AvgIpc) is 2.74. The van der Waals surface area contributed by atoms with Crippen LogP contribution in [0.1, 0.15) is 31.4 Å². The number of hydrogen-bond acceptors (Lipinski definition) is 4. The van der Waals surface area contributed by atoms with Crippen LogP contribution in [0.4, 0.5) is 5.69 Å². The fraction of sp³-hybridized carbons (Fsp3) is 0.391. The van der Waals surface area contributed by atoms with Crippen LogP contribution >= 0.6 is 31.9 Å². The number of carbonyl (C=O) groups excluding carboxylic acids is 2. The molecule has 2 aromatic carbocycles. The minimum atomic E-state index is -3.75. The van der Waals surface area contributed by atoms with E-state index in [0.717, 1.165) is 37.1 Å². The number of carbonyl (C=O) groups is 2. The van der Waals surface area contributed by atoms with E-state index in [1.807, 2.05) is 38.1 Å². The maximum Gasteiger partial charge on any atom is 0.244 e. The smallest absolute Gasteiger partial charge is 0.244 e. The third-order valence-corrected chi connectivity index (χ3v) is 7.59. The summed E-state index contributed by atoms with van der Waals surface area (Å²) < 4.78 is 27.9. The Hall–Kier alpha value is -1.91. The Balaban J connectivity index is 2.39. The van der Waals surface area contributed by atoms with Crippen molar-refractivity contribution < 1.29 is 18.0 Å². The van der Waals surface area contributed by atoms with Crippen molar-refractivity contribution in [3.8, 4) is 0 Å². The van der Waals surface area contributed by atoms with Gasteiger partial charge in [-0.2, -0.15) is 0 Å². The van der Waals surface area contributed by atoms with E-state index in [4.69, 9.17) is 0 Å². The highest BCUT2D eigenvalue weighted by molar-refractivity contribution is 9.10. The minimum absolute atomic E-state index is 0.163. The number of aryl methyl sites for hydroxylation is 1. The second-order valence-electron chi connectivity index (χ2n) is 7.82. The van der Waals surface area contributed by atoms with Gasteiger partial charge >= 0.3 is 0 Å². The number of hydrogen-bond donors (Lipinski definition) is 1. The zero-order chi connectivity index (χ0) is 24.8. The highest BCUT2D eigenvalue weighted by Gasteiger charge is 2.30. The number of benzene rings is 2. The molecule has 2 rings (SSSR count). The molecule has 0 spiro atoms. The Bertz CT molecular complexity index is 1110. The van der Waals surface area contributed by atoms with Crippen molar-refractivity contribution in [2.24, 2.45) is 0 Å². The number of sulfonamides is 1. The van der Waals surface area contributed by atoms with Gasteiger partial charge in [0.25, 0.3) is 0 Å². The third-order valence-electron chi connectivity index (χ3n) is 5.07. The SMILES string of the molecule is CCCNC(=O)C(C)N(Cc1cccc(Br)c1)C(=O)CN(c1ccc(Br)c(C)c1)S(C)(=O)=O. The van der Waals surface area contributed by atoms with Crippen LogP contribution in [0.3, 0.4) is 0 Å². The molecule has 1 atom stereocenters. The maximum absolute atomic E-state index is 13.5. The molecule has 180 valence electrons. The number of rotatable bonds is 10. The van der Waals surface area contributed by atoms with E-state index in [9.17, 15) is 18.0 Å². The number of anilines is 1. The molecule has 0 aromatic heterocycles. The van der Waals surface area contributed by atoms with Crippen LogP contribution in [0.2, 0.25) is 0 Å². The van der Waals surface area contributed by atoms with Gasteiger partial charge in [0, 0.05) is 22.0 Å². The van der Waals surface area contributed by atoms with Gasteiger partial charge in [0.2, 0.25) is 21.8 Å². The molecule has 0 saturated heterocycles. The fourth-order valence-corrected chi connectivity index (χ4v) is 4.74. The van der Waals surface area contributed by atoms with Crippen LogP contribution in [-0.2, 0) is 26.2 Å². The summed E-state index contributed by atoms with van der Waals surface area (Å²) >= 11 is 6.83. The number of halogens is 2. The first-order valence-corrected chi connectivity index (χ1v) is 13.9. The lowest BCUT2D eigenvalue weighted by atomic mass is 10.1. The van der Waals surface area contributed by atoms with Crippen molar-refractivity contribution in [3.63, 3.8) is 0 Å². The molecule has 0 heterocycles. The van der Waals surface area contributed by atoms with Crippen LogP contribution in [0.5, 0.6) is 0 Å². The van der Waals surface area contributed by atoms with Crippen LogP contribution in [0, 0.1) is 6.92 Å². The summed E-state index contributed by atoms with van der Waals surface area (Å²) in [6.45, 7) is 5.68. The molecule has 0 aliphatic heterocycles. The molecule has 0 radical (unpaired) electrons. The fourth-order valence-electron chi connectivity index (χ4n) is 3.21. The van der Waals surface area contributed by atoms with Gasteiger partial charge in [-0.25, -0.2) is 8.42 Å². The second kappa shape index (κ2) is 12.0. The molecule has 0 aliphatic carbocycles. The highest BCUT2D eigenvalue weighted by Crippen LogP contribution is 2.25.